The molecule has 130 valence electrons. The van der Waals surface area contributed by atoms with Gasteiger partial charge in [0, 0.05) is 12.1 Å². The highest BCUT2D eigenvalue weighted by atomic mass is 19.1. The molecule has 0 bridgehead atoms. The predicted molar refractivity (Wildman–Crippen MR) is 94.0 cm³/mol. The average Bonchev–Trinajstić information content (AvgIpc) is 2.64. The number of hydrogen-bond donors (Lipinski definition) is 1. The molecular formula is C19H13FN2O4. The van der Waals surface area contributed by atoms with Crippen LogP contribution in [0.1, 0.15) is 10.4 Å². The minimum Gasteiger partial charge on any atom is -0.457 e. The van der Waals surface area contributed by atoms with Gasteiger partial charge in [0.15, 0.2) is 0 Å². The van der Waals surface area contributed by atoms with Gasteiger partial charge in [-0.1, -0.05) is 30.3 Å². The molecule has 0 saturated heterocycles. The number of hydrogen-bond acceptors (Lipinski definition) is 4. The van der Waals surface area contributed by atoms with Gasteiger partial charge >= 0.3 is 0 Å². The number of amides is 1. The van der Waals surface area contributed by atoms with Crippen LogP contribution in [0.3, 0.4) is 0 Å². The number of carbonyl (C=O) groups is 1. The Morgan fingerprint density at radius 1 is 1.00 bits per heavy atom. The highest BCUT2D eigenvalue weighted by molar-refractivity contribution is 6.06. The lowest BCUT2D eigenvalue weighted by Crippen LogP contribution is -2.14. The van der Waals surface area contributed by atoms with Gasteiger partial charge in [0.25, 0.3) is 11.6 Å². The largest absolute Gasteiger partial charge is 0.457 e. The van der Waals surface area contributed by atoms with Gasteiger partial charge in [0.1, 0.15) is 17.3 Å². The summed E-state index contributed by atoms with van der Waals surface area (Å²) >= 11 is 0. The fourth-order valence-corrected chi connectivity index (χ4v) is 2.27. The van der Waals surface area contributed by atoms with Gasteiger partial charge in [-0.05, 0) is 30.3 Å². The molecule has 26 heavy (non-hydrogen) atoms. The van der Waals surface area contributed by atoms with E-state index in [0.717, 1.165) is 6.07 Å². The third-order valence-corrected chi connectivity index (χ3v) is 3.51. The van der Waals surface area contributed by atoms with E-state index in [1.807, 2.05) is 0 Å². The van der Waals surface area contributed by atoms with Crippen LogP contribution in [-0.2, 0) is 0 Å². The molecule has 6 nitrogen and oxygen atoms in total. The molecule has 1 N–H and O–H groups in total. The summed E-state index contributed by atoms with van der Waals surface area (Å²) in [7, 11) is 0. The molecule has 0 atom stereocenters. The first-order chi connectivity index (χ1) is 12.5. The van der Waals surface area contributed by atoms with Gasteiger partial charge < -0.3 is 10.1 Å². The Hall–Kier alpha value is -3.74. The number of nitro groups is 1. The lowest BCUT2D eigenvalue weighted by molar-refractivity contribution is -0.384. The van der Waals surface area contributed by atoms with Gasteiger partial charge in [-0.3, -0.25) is 14.9 Å². The van der Waals surface area contributed by atoms with E-state index in [4.69, 9.17) is 4.74 Å². The van der Waals surface area contributed by atoms with Crippen molar-refractivity contribution in [2.75, 3.05) is 5.32 Å². The molecule has 3 aromatic rings. The summed E-state index contributed by atoms with van der Waals surface area (Å²) in [5.41, 5.74) is -0.384. The van der Waals surface area contributed by atoms with Crippen molar-refractivity contribution in [1.82, 2.24) is 0 Å². The van der Waals surface area contributed by atoms with Crippen molar-refractivity contribution in [1.29, 1.82) is 0 Å². The molecule has 0 aliphatic rings. The maximum atomic E-state index is 13.8. The standard InChI is InChI=1S/C19H13FN2O4/c20-16-8-4-5-9-17(16)21-19(23)15-12-13(22(24)25)10-11-18(15)26-14-6-2-1-3-7-14/h1-12H,(H,21,23). The van der Waals surface area contributed by atoms with Crippen molar-refractivity contribution in [3.8, 4) is 11.5 Å². The SMILES string of the molecule is O=C(Nc1ccccc1F)c1cc([N+](=O)[O-])ccc1Oc1ccccc1. The molecule has 0 saturated carbocycles. The summed E-state index contributed by atoms with van der Waals surface area (Å²) in [6.45, 7) is 0. The molecule has 0 unspecified atom stereocenters. The number of benzene rings is 3. The summed E-state index contributed by atoms with van der Waals surface area (Å²) in [5.74, 6) is -0.751. The van der Waals surface area contributed by atoms with Crippen molar-refractivity contribution in [3.05, 3.63) is 94.3 Å². The van der Waals surface area contributed by atoms with E-state index in [1.165, 1.54) is 30.3 Å². The maximum Gasteiger partial charge on any atom is 0.270 e. The molecule has 3 aromatic carbocycles. The molecule has 3 rings (SSSR count). The van der Waals surface area contributed by atoms with Crippen molar-refractivity contribution in [2.45, 2.75) is 0 Å². The molecule has 0 aromatic heterocycles. The smallest absolute Gasteiger partial charge is 0.270 e. The zero-order chi connectivity index (χ0) is 18.5. The van der Waals surface area contributed by atoms with Crippen LogP contribution in [0.25, 0.3) is 0 Å². The molecule has 0 radical (unpaired) electrons. The summed E-state index contributed by atoms with van der Waals surface area (Å²) < 4.78 is 19.4. The number of ether oxygens (including phenoxy) is 1. The van der Waals surface area contributed by atoms with Gasteiger partial charge in [0.05, 0.1) is 16.2 Å². The minimum atomic E-state index is -0.718. The fraction of sp³-hybridized carbons (Fsp3) is 0. The van der Waals surface area contributed by atoms with Crippen molar-refractivity contribution in [2.24, 2.45) is 0 Å². The average molecular weight is 352 g/mol. The fourth-order valence-electron chi connectivity index (χ4n) is 2.27. The second-order valence-corrected chi connectivity index (χ2v) is 5.29. The summed E-state index contributed by atoms with van der Waals surface area (Å²) in [6.07, 6.45) is 0. The van der Waals surface area contributed by atoms with E-state index in [2.05, 4.69) is 5.32 Å². The number of anilines is 1. The molecule has 0 fully saturated rings. The summed E-state index contributed by atoms with van der Waals surface area (Å²) in [5, 5.41) is 13.4. The second kappa shape index (κ2) is 7.43. The Kier molecular flexibility index (Phi) is 4.89. The van der Waals surface area contributed by atoms with E-state index >= 15 is 0 Å². The Bertz CT molecular complexity index is 961. The second-order valence-electron chi connectivity index (χ2n) is 5.29. The van der Waals surface area contributed by atoms with Gasteiger partial charge in [-0.15, -0.1) is 0 Å². The Morgan fingerprint density at radius 2 is 1.69 bits per heavy atom. The van der Waals surface area contributed by atoms with E-state index in [0.29, 0.717) is 5.75 Å². The highest BCUT2D eigenvalue weighted by Crippen LogP contribution is 2.29. The number of carbonyl (C=O) groups excluding carboxylic acids is 1. The van der Waals surface area contributed by atoms with Crippen LogP contribution in [0.15, 0.2) is 72.8 Å². The quantitative estimate of drug-likeness (QED) is 0.529. The van der Waals surface area contributed by atoms with Crippen LogP contribution in [0.2, 0.25) is 0 Å². The van der Waals surface area contributed by atoms with E-state index < -0.39 is 16.6 Å². The zero-order valence-electron chi connectivity index (χ0n) is 13.4. The maximum absolute atomic E-state index is 13.8. The van der Waals surface area contributed by atoms with E-state index in [1.54, 1.807) is 36.4 Å². The van der Waals surface area contributed by atoms with Crippen molar-refractivity contribution >= 4 is 17.3 Å². The van der Waals surface area contributed by atoms with Gasteiger partial charge in [0.2, 0.25) is 0 Å². The number of non-ortho nitro benzene ring substituents is 1. The number of nitrogens with zero attached hydrogens (tertiary/aromatic N) is 1. The Balaban J connectivity index is 1.96. The lowest BCUT2D eigenvalue weighted by atomic mass is 10.1. The zero-order valence-corrected chi connectivity index (χ0v) is 13.4. The van der Waals surface area contributed by atoms with Crippen LogP contribution in [0.5, 0.6) is 11.5 Å². The van der Waals surface area contributed by atoms with E-state index in [9.17, 15) is 19.3 Å². The number of rotatable bonds is 5. The number of halogens is 1. The first kappa shape index (κ1) is 17.1. The Morgan fingerprint density at radius 3 is 2.38 bits per heavy atom. The monoisotopic (exact) mass is 352 g/mol. The van der Waals surface area contributed by atoms with Crippen LogP contribution in [0, 0.1) is 15.9 Å². The molecule has 0 heterocycles. The highest BCUT2D eigenvalue weighted by Gasteiger charge is 2.19. The molecule has 0 spiro atoms. The summed E-state index contributed by atoms with van der Waals surface area (Å²) in [6, 6.07) is 18.0. The van der Waals surface area contributed by atoms with Crippen molar-refractivity contribution in [3.63, 3.8) is 0 Å². The normalized spacial score (nSPS) is 10.2. The van der Waals surface area contributed by atoms with Crippen LogP contribution < -0.4 is 10.1 Å². The predicted octanol–water partition coefficient (Wildman–Crippen LogP) is 4.78. The molecular weight excluding hydrogens is 339 g/mol. The van der Waals surface area contributed by atoms with Crippen LogP contribution in [0.4, 0.5) is 15.8 Å². The molecule has 1 amide bonds. The molecule has 0 aliphatic carbocycles. The third kappa shape index (κ3) is 3.84. The Labute approximate surface area is 148 Å². The number of nitro benzene ring substituents is 1. The van der Waals surface area contributed by atoms with Gasteiger partial charge in [-0.25, -0.2) is 4.39 Å². The molecule has 7 heteroatoms. The van der Waals surface area contributed by atoms with Crippen LogP contribution >= 0.6 is 0 Å². The number of nitrogens with one attached hydrogen (secondary N) is 1. The first-order valence-electron chi connectivity index (χ1n) is 7.62. The number of para-hydroxylation sites is 2. The minimum absolute atomic E-state index is 0.0327. The molecule has 0 aliphatic heterocycles. The summed E-state index contributed by atoms with van der Waals surface area (Å²) in [4.78, 5) is 23.0. The van der Waals surface area contributed by atoms with Crippen LogP contribution in [-0.4, -0.2) is 10.8 Å². The van der Waals surface area contributed by atoms with Crippen molar-refractivity contribution < 1.29 is 18.8 Å². The van der Waals surface area contributed by atoms with Gasteiger partial charge in [-0.2, -0.15) is 0 Å². The third-order valence-electron chi connectivity index (χ3n) is 3.51. The first-order valence-corrected chi connectivity index (χ1v) is 7.62. The topological polar surface area (TPSA) is 81.5 Å². The lowest BCUT2D eigenvalue weighted by Gasteiger charge is -2.12. The van der Waals surface area contributed by atoms with E-state index in [-0.39, 0.29) is 22.7 Å².